The highest BCUT2D eigenvalue weighted by molar-refractivity contribution is 5.78. The van der Waals surface area contributed by atoms with E-state index in [0.717, 1.165) is 18.4 Å². The number of rotatable bonds is 3. The van der Waals surface area contributed by atoms with Crippen LogP contribution in [-0.4, -0.2) is 18.4 Å². The van der Waals surface area contributed by atoms with Crippen LogP contribution in [0.4, 0.5) is 0 Å². The zero-order valence-electron chi connectivity index (χ0n) is 7.20. The van der Waals surface area contributed by atoms with Crippen molar-refractivity contribution in [3.63, 3.8) is 0 Å². The molecule has 1 heterocycles. The van der Waals surface area contributed by atoms with Crippen LogP contribution in [-0.2, 0) is 6.42 Å². The predicted octanol–water partition coefficient (Wildman–Crippen LogP) is 1.47. The number of aldehydes is 1. The van der Waals surface area contributed by atoms with E-state index in [1.807, 2.05) is 13.0 Å². The Morgan fingerprint density at radius 2 is 2.33 bits per heavy atom. The average Bonchev–Trinajstić information content (AvgIpc) is 2.16. The van der Waals surface area contributed by atoms with E-state index in [0.29, 0.717) is 11.4 Å². The fraction of sp³-hybridized carbons (Fsp3) is 0.333. The molecule has 0 saturated carbocycles. The van der Waals surface area contributed by atoms with Crippen LogP contribution in [0.5, 0.6) is 5.88 Å². The van der Waals surface area contributed by atoms with Gasteiger partial charge in [-0.15, -0.1) is 0 Å². The van der Waals surface area contributed by atoms with Crippen molar-refractivity contribution < 1.29 is 9.53 Å². The molecule has 0 radical (unpaired) electrons. The summed E-state index contributed by atoms with van der Waals surface area (Å²) in [5.74, 6) is 0.407. The van der Waals surface area contributed by atoms with Crippen molar-refractivity contribution in [2.75, 3.05) is 7.11 Å². The number of hydrogen-bond acceptors (Lipinski definition) is 3. The molecular formula is C9H11NO2. The van der Waals surface area contributed by atoms with Crippen LogP contribution in [0.3, 0.4) is 0 Å². The Labute approximate surface area is 71.4 Å². The molecule has 0 aliphatic rings. The molecule has 0 bridgehead atoms. The Balaban J connectivity index is 3.10. The lowest BCUT2D eigenvalue weighted by molar-refractivity contribution is 0.112. The van der Waals surface area contributed by atoms with Crippen molar-refractivity contribution in [3.05, 3.63) is 23.4 Å². The second kappa shape index (κ2) is 3.85. The molecular weight excluding hydrogens is 154 g/mol. The highest BCUT2D eigenvalue weighted by Gasteiger charge is 2.03. The Kier molecular flexibility index (Phi) is 2.80. The molecule has 0 aromatic carbocycles. The van der Waals surface area contributed by atoms with E-state index in [4.69, 9.17) is 4.74 Å². The number of carbonyl (C=O) groups excluding carboxylic acids is 1. The maximum Gasteiger partial charge on any atom is 0.224 e. The van der Waals surface area contributed by atoms with Gasteiger partial charge in [0.25, 0.3) is 0 Å². The van der Waals surface area contributed by atoms with Crippen LogP contribution < -0.4 is 4.74 Å². The summed E-state index contributed by atoms with van der Waals surface area (Å²) in [5, 5.41) is 0. The van der Waals surface area contributed by atoms with Crippen molar-refractivity contribution >= 4 is 6.29 Å². The summed E-state index contributed by atoms with van der Waals surface area (Å²) in [5.41, 5.74) is 1.42. The number of methoxy groups -OCH3 is 1. The lowest BCUT2D eigenvalue weighted by atomic mass is 10.2. The van der Waals surface area contributed by atoms with Crippen molar-refractivity contribution in [2.45, 2.75) is 13.3 Å². The van der Waals surface area contributed by atoms with E-state index in [9.17, 15) is 4.79 Å². The van der Waals surface area contributed by atoms with Crippen molar-refractivity contribution in [1.29, 1.82) is 0 Å². The Bertz CT molecular complexity index is 284. The molecule has 0 fully saturated rings. The zero-order valence-corrected chi connectivity index (χ0v) is 7.20. The second-order valence-electron chi connectivity index (χ2n) is 2.37. The highest BCUT2D eigenvalue weighted by atomic mass is 16.5. The van der Waals surface area contributed by atoms with Crippen molar-refractivity contribution in [3.8, 4) is 5.88 Å². The molecule has 0 aliphatic heterocycles. The van der Waals surface area contributed by atoms with Crippen LogP contribution in [0.1, 0.15) is 23.0 Å². The number of aromatic nitrogens is 1. The average molecular weight is 165 g/mol. The highest BCUT2D eigenvalue weighted by Crippen LogP contribution is 2.13. The lowest BCUT2D eigenvalue weighted by Gasteiger charge is -2.03. The fourth-order valence-electron chi connectivity index (χ4n) is 0.940. The number of carbonyl (C=O) groups is 1. The van der Waals surface area contributed by atoms with Crippen LogP contribution in [0, 0.1) is 0 Å². The first kappa shape index (κ1) is 8.71. The molecule has 0 atom stereocenters. The summed E-state index contributed by atoms with van der Waals surface area (Å²) in [7, 11) is 1.51. The van der Waals surface area contributed by atoms with E-state index in [2.05, 4.69) is 4.98 Å². The van der Waals surface area contributed by atoms with Crippen LogP contribution in [0.25, 0.3) is 0 Å². The summed E-state index contributed by atoms with van der Waals surface area (Å²) in [6.07, 6.45) is 1.58. The largest absolute Gasteiger partial charge is 0.480 e. The summed E-state index contributed by atoms with van der Waals surface area (Å²) in [6.45, 7) is 2.00. The third kappa shape index (κ3) is 1.61. The van der Waals surface area contributed by atoms with Crippen LogP contribution in [0.2, 0.25) is 0 Å². The van der Waals surface area contributed by atoms with Gasteiger partial charge >= 0.3 is 0 Å². The summed E-state index contributed by atoms with van der Waals surface area (Å²) in [4.78, 5) is 14.6. The first-order valence-corrected chi connectivity index (χ1v) is 3.81. The van der Waals surface area contributed by atoms with Gasteiger partial charge in [-0.25, -0.2) is 4.98 Å². The Morgan fingerprint density at radius 1 is 1.58 bits per heavy atom. The van der Waals surface area contributed by atoms with Crippen LogP contribution >= 0.6 is 0 Å². The molecule has 3 nitrogen and oxygen atoms in total. The number of hydrogen-bond donors (Lipinski definition) is 0. The fourth-order valence-corrected chi connectivity index (χ4v) is 0.940. The first-order chi connectivity index (χ1) is 5.81. The molecule has 0 spiro atoms. The second-order valence-corrected chi connectivity index (χ2v) is 2.37. The van der Waals surface area contributed by atoms with E-state index in [-0.39, 0.29) is 0 Å². The number of pyridine rings is 1. The van der Waals surface area contributed by atoms with E-state index >= 15 is 0 Å². The third-order valence-corrected chi connectivity index (χ3v) is 1.63. The SMILES string of the molecule is CCc1ccc(C=O)c(OC)n1. The summed E-state index contributed by atoms with van der Waals surface area (Å²) in [6, 6.07) is 3.55. The third-order valence-electron chi connectivity index (χ3n) is 1.63. The van der Waals surface area contributed by atoms with Gasteiger partial charge in [0.1, 0.15) is 0 Å². The number of nitrogens with zero attached hydrogens (tertiary/aromatic N) is 1. The molecule has 0 unspecified atom stereocenters. The quantitative estimate of drug-likeness (QED) is 0.636. The van der Waals surface area contributed by atoms with Crippen molar-refractivity contribution in [1.82, 2.24) is 4.98 Å². The maximum absolute atomic E-state index is 10.5. The molecule has 0 saturated heterocycles. The standard InChI is InChI=1S/C9H11NO2/c1-3-8-5-4-7(6-11)9(10-8)12-2/h4-6H,3H2,1-2H3. The van der Waals surface area contributed by atoms with Gasteiger partial charge in [0.15, 0.2) is 6.29 Å². The molecule has 0 amide bonds. The van der Waals surface area contributed by atoms with Crippen molar-refractivity contribution in [2.24, 2.45) is 0 Å². The number of aryl methyl sites for hydroxylation is 1. The topological polar surface area (TPSA) is 39.2 Å². The van der Waals surface area contributed by atoms with Gasteiger partial charge < -0.3 is 4.74 Å². The smallest absolute Gasteiger partial charge is 0.224 e. The van der Waals surface area contributed by atoms with Crippen LogP contribution in [0.15, 0.2) is 12.1 Å². The number of ether oxygens (including phenoxy) is 1. The van der Waals surface area contributed by atoms with Gasteiger partial charge in [0, 0.05) is 5.69 Å². The zero-order chi connectivity index (χ0) is 8.97. The molecule has 1 aromatic heterocycles. The first-order valence-electron chi connectivity index (χ1n) is 3.81. The summed E-state index contributed by atoms with van der Waals surface area (Å²) >= 11 is 0. The van der Waals surface area contributed by atoms with Gasteiger partial charge in [-0.1, -0.05) is 6.92 Å². The Morgan fingerprint density at radius 3 is 2.83 bits per heavy atom. The molecule has 0 aliphatic carbocycles. The Hall–Kier alpha value is -1.38. The normalized spacial score (nSPS) is 9.50. The van der Waals surface area contributed by atoms with Gasteiger partial charge in [-0.3, -0.25) is 4.79 Å². The van der Waals surface area contributed by atoms with Gasteiger partial charge in [0.2, 0.25) is 5.88 Å². The summed E-state index contributed by atoms with van der Waals surface area (Å²) < 4.78 is 4.94. The monoisotopic (exact) mass is 165 g/mol. The molecule has 1 rings (SSSR count). The minimum Gasteiger partial charge on any atom is -0.480 e. The molecule has 12 heavy (non-hydrogen) atoms. The van der Waals surface area contributed by atoms with Gasteiger partial charge in [-0.2, -0.15) is 0 Å². The molecule has 64 valence electrons. The minimum absolute atomic E-state index is 0.407. The molecule has 3 heteroatoms. The lowest BCUT2D eigenvalue weighted by Crippen LogP contribution is -1.96. The van der Waals surface area contributed by atoms with E-state index < -0.39 is 0 Å². The molecule has 0 N–H and O–H groups in total. The van der Waals surface area contributed by atoms with E-state index in [1.54, 1.807) is 6.07 Å². The maximum atomic E-state index is 10.5. The predicted molar refractivity (Wildman–Crippen MR) is 45.6 cm³/mol. The van der Waals surface area contributed by atoms with E-state index in [1.165, 1.54) is 7.11 Å². The van der Waals surface area contributed by atoms with Gasteiger partial charge in [0.05, 0.1) is 12.7 Å². The van der Waals surface area contributed by atoms with Gasteiger partial charge in [-0.05, 0) is 18.6 Å². The minimum atomic E-state index is 0.407. The molecule has 1 aromatic rings.